The Morgan fingerprint density at radius 2 is 1.06 bits per heavy atom. The Balaban J connectivity index is 2.30. The molecule has 0 N–H and O–H groups in total. The molecule has 0 bridgehead atoms. The van der Waals surface area contributed by atoms with E-state index in [1.54, 1.807) is 13.8 Å². The Labute approximate surface area is 175 Å². The molecule has 4 rings (SSSR count). The molecule has 2 aliphatic heterocycles. The van der Waals surface area contributed by atoms with E-state index in [9.17, 15) is 19.3 Å². The average molecular weight is 440 g/mol. The first-order valence-electron chi connectivity index (χ1n) is 9.65. The fourth-order valence-corrected chi connectivity index (χ4v) is 6.12. The Kier molecular flexibility index (Phi) is 3.91. The van der Waals surface area contributed by atoms with Gasteiger partial charge < -0.3 is 9.80 Å². The number of halogens is 6. The molecule has 2 unspecified atom stereocenters. The van der Waals surface area contributed by atoms with E-state index >= 15 is 17.6 Å². The van der Waals surface area contributed by atoms with E-state index in [1.165, 1.54) is 23.9 Å². The van der Waals surface area contributed by atoms with Crippen LogP contribution in [0.25, 0.3) is 0 Å². The van der Waals surface area contributed by atoms with Gasteiger partial charge in [-0.3, -0.25) is 0 Å². The van der Waals surface area contributed by atoms with Crippen LogP contribution >= 0.6 is 0 Å². The number of nitrogens with zero attached hydrogens (tertiary/aromatic N) is 4. The van der Waals surface area contributed by atoms with Crippen LogP contribution in [-0.4, -0.2) is 52.7 Å². The van der Waals surface area contributed by atoms with Gasteiger partial charge in [0.15, 0.2) is 0 Å². The van der Waals surface area contributed by atoms with E-state index in [4.69, 9.17) is 0 Å². The van der Waals surface area contributed by atoms with Crippen LogP contribution in [0.1, 0.15) is 26.7 Å². The molecular formula is C21H18F6N4. The highest BCUT2D eigenvalue weighted by Gasteiger charge is 2.85. The van der Waals surface area contributed by atoms with Crippen molar-refractivity contribution in [1.82, 2.24) is 9.80 Å². The second kappa shape index (κ2) is 5.67. The van der Waals surface area contributed by atoms with Gasteiger partial charge in [0.1, 0.15) is 23.5 Å². The molecule has 0 spiro atoms. The van der Waals surface area contributed by atoms with Crippen LogP contribution in [0.2, 0.25) is 0 Å². The predicted octanol–water partition coefficient (Wildman–Crippen LogP) is 4.52. The summed E-state index contributed by atoms with van der Waals surface area (Å²) in [5.74, 6) is -16.0. The third-order valence-electron chi connectivity index (χ3n) is 7.46. The smallest absolute Gasteiger partial charge is 0.354 e. The van der Waals surface area contributed by atoms with Gasteiger partial charge in [0.25, 0.3) is 0 Å². The Morgan fingerprint density at radius 3 is 1.32 bits per heavy atom. The van der Waals surface area contributed by atoms with Gasteiger partial charge in [-0.05, 0) is 36.1 Å². The lowest BCUT2D eigenvalue weighted by Crippen LogP contribution is -2.68. The second-order valence-electron chi connectivity index (χ2n) is 8.13. The molecule has 0 aromatic carbocycles. The topological polar surface area (TPSA) is 54.1 Å². The molecule has 0 aromatic heterocycles. The number of hydrogen-bond acceptors (Lipinski definition) is 4. The molecule has 2 aliphatic carbocycles. The van der Waals surface area contributed by atoms with Gasteiger partial charge in [0.2, 0.25) is 0 Å². The van der Waals surface area contributed by atoms with Crippen molar-refractivity contribution in [2.24, 2.45) is 0 Å². The number of alkyl halides is 6. The maximum Gasteiger partial charge on any atom is 0.380 e. The summed E-state index contributed by atoms with van der Waals surface area (Å²) in [6.07, 6.45) is 2.10. The van der Waals surface area contributed by atoms with E-state index < -0.39 is 51.1 Å². The number of nitriles is 2. The van der Waals surface area contributed by atoms with Crippen molar-refractivity contribution in [3.05, 3.63) is 45.8 Å². The van der Waals surface area contributed by atoms with Gasteiger partial charge in [-0.2, -0.15) is 36.9 Å². The summed E-state index contributed by atoms with van der Waals surface area (Å²) in [6, 6.07) is 3.71. The minimum atomic E-state index is -5.67. The first-order valence-corrected chi connectivity index (χ1v) is 9.65. The highest BCUT2D eigenvalue weighted by molar-refractivity contribution is 5.74. The summed E-state index contributed by atoms with van der Waals surface area (Å²) in [6.45, 7) is 3.24. The van der Waals surface area contributed by atoms with Crippen molar-refractivity contribution in [1.29, 1.82) is 10.5 Å². The zero-order chi connectivity index (χ0) is 23.4. The van der Waals surface area contributed by atoms with Gasteiger partial charge >= 0.3 is 17.8 Å². The summed E-state index contributed by atoms with van der Waals surface area (Å²) in [4.78, 5) is 2.79. The van der Waals surface area contributed by atoms with Crippen LogP contribution in [0.15, 0.2) is 45.8 Å². The van der Waals surface area contributed by atoms with Gasteiger partial charge in [-0.15, -0.1) is 0 Å². The summed E-state index contributed by atoms with van der Waals surface area (Å²) < 4.78 is 89.4. The van der Waals surface area contributed by atoms with Crippen molar-refractivity contribution in [3.63, 3.8) is 0 Å². The van der Waals surface area contributed by atoms with Crippen LogP contribution in [0.4, 0.5) is 26.3 Å². The zero-order valence-electron chi connectivity index (χ0n) is 17.1. The lowest BCUT2D eigenvalue weighted by molar-refractivity contribution is -0.258. The first-order chi connectivity index (χ1) is 14.3. The van der Waals surface area contributed by atoms with E-state index in [0.717, 1.165) is 12.2 Å². The summed E-state index contributed by atoms with van der Waals surface area (Å²) in [5, 5.41) is 19.1. The Hall–Kier alpha value is -2.88. The highest BCUT2D eigenvalue weighted by Crippen LogP contribution is 2.71. The molecule has 0 saturated heterocycles. The molecular weight excluding hydrogens is 422 g/mol. The van der Waals surface area contributed by atoms with Crippen LogP contribution in [0.3, 0.4) is 0 Å². The standard InChI is InChI=1S/C21H18F6N4/c1-5-17-13(7-11(9-28)30(17)3)15-16(20(24,25)21(26,27)19(15,22)23)14-8-12(10-29)31(4)18(14,17)6-2/h7-8H,5-6H2,1-4H3. The lowest BCUT2D eigenvalue weighted by Gasteiger charge is -2.58. The number of rotatable bonds is 2. The minimum absolute atomic E-state index is 0.0404. The van der Waals surface area contributed by atoms with Crippen LogP contribution in [0, 0.1) is 22.7 Å². The van der Waals surface area contributed by atoms with Crippen LogP contribution in [-0.2, 0) is 0 Å². The molecule has 164 valence electrons. The van der Waals surface area contributed by atoms with Crippen LogP contribution in [0.5, 0.6) is 0 Å². The lowest BCUT2D eigenvalue weighted by atomic mass is 9.59. The van der Waals surface area contributed by atoms with Crippen LogP contribution < -0.4 is 0 Å². The van der Waals surface area contributed by atoms with Crippen molar-refractivity contribution in [2.75, 3.05) is 14.1 Å². The molecule has 31 heavy (non-hydrogen) atoms. The molecule has 10 heteroatoms. The third-order valence-corrected chi connectivity index (χ3v) is 7.46. The molecule has 0 amide bonds. The van der Waals surface area contributed by atoms with E-state index in [-0.39, 0.29) is 24.2 Å². The van der Waals surface area contributed by atoms with Crippen molar-refractivity contribution >= 4 is 0 Å². The number of fused-ring (bicyclic) bond motifs is 4. The summed E-state index contributed by atoms with van der Waals surface area (Å²) in [5.41, 5.74) is -7.01. The molecule has 2 heterocycles. The molecule has 1 saturated carbocycles. The van der Waals surface area contributed by atoms with Crippen molar-refractivity contribution in [3.8, 4) is 12.1 Å². The minimum Gasteiger partial charge on any atom is -0.354 e. The normalized spacial score (nSPS) is 34.1. The molecule has 4 aliphatic rings. The molecule has 2 atom stereocenters. The van der Waals surface area contributed by atoms with Gasteiger partial charge in [0, 0.05) is 25.2 Å². The SMILES string of the molecule is CCC12C(=C3C(=C4C=C(C#N)N(C)C41CC)C(F)(F)C(F)(F)C3(F)F)C=C(C#N)N2C. The number of allylic oxidation sites excluding steroid dienone is 4. The van der Waals surface area contributed by atoms with Crippen molar-refractivity contribution in [2.45, 2.75) is 55.5 Å². The molecule has 0 radical (unpaired) electrons. The predicted molar refractivity (Wildman–Crippen MR) is 97.9 cm³/mol. The van der Waals surface area contributed by atoms with E-state index in [0.29, 0.717) is 0 Å². The van der Waals surface area contributed by atoms with Crippen molar-refractivity contribution < 1.29 is 26.3 Å². The molecule has 4 nitrogen and oxygen atoms in total. The Morgan fingerprint density at radius 1 is 0.742 bits per heavy atom. The highest BCUT2D eigenvalue weighted by atomic mass is 19.3. The first kappa shape index (κ1) is 21.4. The average Bonchev–Trinajstić information content (AvgIpc) is 3.21. The summed E-state index contributed by atoms with van der Waals surface area (Å²) in [7, 11) is 2.90. The third kappa shape index (κ3) is 1.78. The Bertz CT molecular complexity index is 1030. The summed E-state index contributed by atoms with van der Waals surface area (Å²) >= 11 is 0. The van der Waals surface area contributed by atoms with Gasteiger partial charge in [-0.25, -0.2) is 0 Å². The number of likely N-dealkylation sites (N-methyl/N-ethyl adjacent to an activating group) is 2. The fourth-order valence-electron chi connectivity index (χ4n) is 6.12. The maximum absolute atomic E-state index is 15.1. The monoisotopic (exact) mass is 440 g/mol. The largest absolute Gasteiger partial charge is 0.380 e. The maximum atomic E-state index is 15.1. The van der Waals surface area contributed by atoms with E-state index in [2.05, 4.69) is 0 Å². The fraction of sp³-hybridized carbons (Fsp3) is 0.524. The number of hydrogen-bond donors (Lipinski definition) is 0. The quantitative estimate of drug-likeness (QED) is 0.593. The van der Waals surface area contributed by atoms with E-state index in [1.807, 2.05) is 12.1 Å². The zero-order valence-corrected chi connectivity index (χ0v) is 17.1. The molecule has 0 aromatic rings. The molecule has 1 fully saturated rings. The second-order valence-corrected chi connectivity index (χ2v) is 8.13. The van der Waals surface area contributed by atoms with Gasteiger partial charge in [0.05, 0.1) is 11.1 Å². The van der Waals surface area contributed by atoms with Gasteiger partial charge in [-0.1, -0.05) is 13.8 Å².